The molecule has 0 fully saturated rings. The first-order valence-corrected chi connectivity index (χ1v) is 8.53. The van der Waals surface area contributed by atoms with Crippen LogP contribution >= 0.6 is 23.2 Å². The lowest BCUT2D eigenvalue weighted by Gasteiger charge is -2.19. The van der Waals surface area contributed by atoms with Gasteiger partial charge in [0, 0.05) is 11.1 Å². The van der Waals surface area contributed by atoms with E-state index in [1.807, 2.05) is 25.1 Å². The molecule has 0 aliphatic carbocycles. The van der Waals surface area contributed by atoms with E-state index in [2.05, 4.69) is 30.3 Å². The van der Waals surface area contributed by atoms with Gasteiger partial charge in [-0.3, -0.25) is 0 Å². The molecule has 4 heteroatoms. The fourth-order valence-electron chi connectivity index (χ4n) is 2.78. The summed E-state index contributed by atoms with van der Waals surface area (Å²) in [7, 11) is 0. The molecule has 2 atom stereocenters. The minimum Gasteiger partial charge on any atom is -0.324 e. The van der Waals surface area contributed by atoms with Gasteiger partial charge < -0.3 is 4.57 Å². The number of rotatable bonds is 6. The molecule has 0 saturated carbocycles. The summed E-state index contributed by atoms with van der Waals surface area (Å²) < 4.78 is 2.28. The molecule has 0 radical (unpaired) electrons. The standard InChI is InChI=1S/C17H24Cl2N2/c1-11(2)6-5-7-12(3)21-16-9-8-14(19)10-15(16)20-17(21)13(4)18/h8-13H,5-7H2,1-4H3. The predicted molar refractivity (Wildman–Crippen MR) is 92.4 cm³/mol. The molecule has 1 heterocycles. The van der Waals surface area contributed by atoms with Gasteiger partial charge in [-0.2, -0.15) is 0 Å². The minimum atomic E-state index is -0.108. The van der Waals surface area contributed by atoms with Crippen molar-refractivity contribution in [2.45, 2.75) is 58.4 Å². The predicted octanol–water partition coefficient (Wildman–Crippen LogP) is 6.38. The Bertz CT molecular complexity index is 602. The second kappa shape index (κ2) is 7.02. The third-order valence-corrected chi connectivity index (χ3v) is 4.31. The fourth-order valence-corrected chi connectivity index (χ4v) is 3.11. The minimum absolute atomic E-state index is 0.108. The summed E-state index contributed by atoms with van der Waals surface area (Å²) in [5.74, 6) is 1.69. The second-order valence-electron chi connectivity index (χ2n) is 6.26. The number of imidazole rings is 1. The van der Waals surface area contributed by atoms with E-state index in [0.717, 1.165) is 29.2 Å². The first kappa shape index (κ1) is 16.6. The molecule has 2 nitrogen and oxygen atoms in total. The molecule has 1 aromatic carbocycles. The van der Waals surface area contributed by atoms with E-state index in [0.29, 0.717) is 11.1 Å². The average Bonchev–Trinajstić information content (AvgIpc) is 2.76. The summed E-state index contributed by atoms with van der Waals surface area (Å²) in [5, 5.41) is 0.608. The number of alkyl halides is 1. The molecule has 0 saturated heterocycles. The zero-order chi connectivity index (χ0) is 15.6. The molecule has 0 aliphatic heterocycles. The Morgan fingerprint density at radius 1 is 1.14 bits per heavy atom. The normalized spacial score (nSPS) is 14.8. The lowest BCUT2D eigenvalue weighted by Crippen LogP contribution is -2.10. The van der Waals surface area contributed by atoms with Crippen molar-refractivity contribution in [2.24, 2.45) is 5.92 Å². The number of fused-ring (bicyclic) bond motifs is 1. The largest absolute Gasteiger partial charge is 0.324 e. The zero-order valence-corrected chi connectivity index (χ0v) is 14.7. The van der Waals surface area contributed by atoms with Crippen LogP contribution in [-0.2, 0) is 0 Å². The average molecular weight is 327 g/mol. The van der Waals surface area contributed by atoms with Gasteiger partial charge in [0.1, 0.15) is 5.82 Å². The Kier molecular flexibility index (Phi) is 5.56. The van der Waals surface area contributed by atoms with Crippen molar-refractivity contribution in [2.75, 3.05) is 0 Å². The van der Waals surface area contributed by atoms with Crippen LogP contribution in [0.2, 0.25) is 5.02 Å². The molecule has 0 bridgehead atoms. The lowest BCUT2D eigenvalue weighted by atomic mass is 10.0. The molecule has 21 heavy (non-hydrogen) atoms. The Hall–Kier alpha value is -0.730. The molecule has 116 valence electrons. The molecule has 0 N–H and O–H groups in total. The van der Waals surface area contributed by atoms with Crippen LogP contribution in [-0.4, -0.2) is 9.55 Å². The number of halogens is 2. The molecule has 2 unspecified atom stereocenters. The Morgan fingerprint density at radius 3 is 2.48 bits per heavy atom. The van der Waals surface area contributed by atoms with Gasteiger partial charge in [0.2, 0.25) is 0 Å². The lowest BCUT2D eigenvalue weighted by molar-refractivity contribution is 0.444. The number of aromatic nitrogens is 2. The number of hydrogen-bond acceptors (Lipinski definition) is 1. The zero-order valence-electron chi connectivity index (χ0n) is 13.2. The smallest absolute Gasteiger partial charge is 0.127 e. The van der Waals surface area contributed by atoms with E-state index in [1.54, 1.807) is 0 Å². The van der Waals surface area contributed by atoms with Crippen LogP contribution in [0.1, 0.15) is 64.2 Å². The number of benzene rings is 1. The van der Waals surface area contributed by atoms with Gasteiger partial charge in [0.05, 0.1) is 16.4 Å². The summed E-state index contributed by atoms with van der Waals surface area (Å²) in [6.45, 7) is 8.76. The number of hydrogen-bond donors (Lipinski definition) is 0. The fraction of sp³-hybridized carbons (Fsp3) is 0.588. The van der Waals surface area contributed by atoms with Crippen LogP contribution in [0, 0.1) is 5.92 Å². The molecule has 0 amide bonds. The quantitative estimate of drug-likeness (QED) is 0.563. The van der Waals surface area contributed by atoms with Crippen LogP contribution in [0.5, 0.6) is 0 Å². The van der Waals surface area contributed by atoms with Gasteiger partial charge in [-0.25, -0.2) is 4.98 Å². The van der Waals surface area contributed by atoms with Gasteiger partial charge in [0.15, 0.2) is 0 Å². The highest BCUT2D eigenvalue weighted by Crippen LogP contribution is 2.31. The van der Waals surface area contributed by atoms with Crippen molar-refractivity contribution >= 4 is 34.2 Å². The van der Waals surface area contributed by atoms with Crippen LogP contribution in [0.15, 0.2) is 18.2 Å². The maximum Gasteiger partial charge on any atom is 0.127 e. The van der Waals surface area contributed by atoms with E-state index < -0.39 is 0 Å². The monoisotopic (exact) mass is 326 g/mol. The van der Waals surface area contributed by atoms with Crippen molar-refractivity contribution in [1.29, 1.82) is 0 Å². The summed E-state index contributed by atoms with van der Waals surface area (Å²) in [4.78, 5) is 4.68. The summed E-state index contributed by atoms with van der Waals surface area (Å²) >= 11 is 12.4. The number of nitrogens with zero attached hydrogens (tertiary/aromatic N) is 2. The molecular formula is C17H24Cl2N2. The summed E-state index contributed by atoms with van der Waals surface area (Å²) in [6, 6.07) is 6.28. The molecule has 2 aromatic rings. The van der Waals surface area contributed by atoms with E-state index >= 15 is 0 Å². The first-order valence-electron chi connectivity index (χ1n) is 7.71. The molecule has 1 aromatic heterocycles. The Morgan fingerprint density at radius 2 is 1.86 bits per heavy atom. The molecule has 0 aliphatic rings. The van der Waals surface area contributed by atoms with E-state index in [9.17, 15) is 0 Å². The van der Waals surface area contributed by atoms with Crippen molar-refractivity contribution in [3.8, 4) is 0 Å². The van der Waals surface area contributed by atoms with E-state index in [1.165, 1.54) is 12.8 Å². The molecular weight excluding hydrogens is 303 g/mol. The third-order valence-electron chi connectivity index (χ3n) is 3.88. The third kappa shape index (κ3) is 3.92. The summed E-state index contributed by atoms with van der Waals surface area (Å²) in [6.07, 6.45) is 3.62. The first-order chi connectivity index (χ1) is 9.90. The Balaban J connectivity index is 2.33. The highest BCUT2D eigenvalue weighted by molar-refractivity contribution is 6.31. The maximum atomic E-state index is 6.33. The van der Waals surface area contributed by atoms with E-state index in [-0.39, 0.29) is 5.38 Å². The van der Waals surface area contributed by atoms with Crippen LogP contribution in [0.4, 0.5) is 0 Å². The van der Waals surface area contributed by atoms with Gasteiger partial charge in [0.25, 0.3) is 0 Å². The van der Waals surface area contributed by atoms with Gasteiger partial charge >= 0.3 is 0 Å². The van der Waals surface area contributed by atoms with Gasteiger partial charge in [-0.15, -0.1) is 11.6 Å². The molecule has 2 rings (SSSR count). The van der Waals surface area contributed by atoms with Crippen molar-refractivity contribution < 1.29 is 0 Å². The SMILES string of the molecule is CC(C)CCCC(C)n1c(C(C)Cl)nc2cc(Cl)ccc21. The van der Waals surface area contributed by atoms with E-state index in [4.69, 9.17) is 23.2 Å². The maximum absolute atomic E-state index is 6.33. The highest BCUT2D eigenvalue weighted by atomic mass is 35.5. The van der Waals surface area contributed by atoms with Gasteiger partial charge in [-0.05, 0) is 44.4 Å². The summed E-state index contributed by atoms with van der Waals surface area (Å²) in [5.41, 5.74) is 2.06. The molecule has 0 spiro atoms. The van der Waals surface area contributed by atoms with Crippen LogP contribution in [0.3, 0.4) is 0 Å². The topological polar surface area (TPSA) is 17.8 Å². The van der Waals surface area contributed by atoms with Crippen molar-refractivity contribution in [3.63, 3.8) is 0 Å². The van der Waals surface area contributed by atoms with Crippen molar-refractivity contribution in [1.82, 2.24) is 9.55 Å². The second-order valence-corrected chi connectivity index (χ2v) is 7.35. The Labute approximate surface area is 137 Å². The highest BCUT2D eigenvalue weighted by Gasteiger charge is 2.19. The van der Waals surface area contributed by atoms with Crippen LogP contribution < -0.4 is 0 Å². The van der Waals surface area contributed by atoms with Crippen molar-refractivity contribution in [3.05, 3.63) is 29.0 Å². The van der Waals surface area contributed by atoms with Gasteiger partial charge in [-0.1, -0.05) is 38.3 Å². The van der Waals surface area contributed by atoms with Crippen LogP contribution in [0.25, 0.3) is 11.0 Å².